The molecular weight excluding hydrogens is 593 g/mol. The van der Waals surface area contributed by atoms with Crippen molar-refractivity contribution in [3.63, 3.8) is 0 Å². The third kappa shape index (κ3) is 6.46. The lowest BCUT2D eigenvalue weighted by atomic mass is 9.59. The van der Waals surface area contributed by atoms with E-state index in [9.17, 15) is 44.3 Å². The molecule has 43 heavy (non-hydrogen) atoms. The van der Waals surface area contributed by atoms with E-state index >= 15 is 0 Å². The van der Waals surface area contributed by atoms with Crippen LogP contribution in [0.3, 0.4) is 0 Å². The van der Waals surface area contributed by atoms with Gasteiger partial charge in [-0.05, 0) is 66.5 Å². The average molecular weight is 620 g/mol. The van der Waals surface area contributed by atoms with Crippen molar-refractivity contribution in [3.05, 3.63) is 106 Å². The predicted molar refractivity (Wildman–Crippen MR) is 136 cm³/mol. The number of carbonyl (C=O) groups excluding carboxylic acids is 1. The van der Waals surface area contributed by atoms with Crippen LogP contribution >= 0.6 is 0 Å². The van der Waals surface area contributed by atoms with Crippen LogP contribution in [0.25, 0.3) is 0 Å². The second kappa shape index (κ2) is 12.1. The Morgan fingerprint density at radius 2 is 1.42 bits per heavy atom. The van der Waals surface area contributed by atoms with Crippen molar-refractivity contribution in [1.82, 2.24) is 5.32 Å². The second-order valence-corrected chi connectivity index (χ2v) is 10.4. The summed E-state index contributed by atoms with van der Waals surface area (Å²) < 4.78 is 136. The first-order chi connectivity index (χ1) is 20.1. The zero-order valence-corrected chi connectivity index (χ0v) is 22.6. The highest BCUT2D eigenvalue weighted by Gasteiger charge is 2.73. The molecule has 232 valence electrons. The molecular formula is C30H26F9NO3. The largest absolute Gasteiger partial charge is 0.453 e. The molecule has 0 atom stereocenters. The Balaban J connectivity index is 1.68. The van der Waals surface area contributed by atoms with Gasteiger partial charge in [0, 0.05) is 17.2 Å². The Bertz CT molecular complexity index is 1380. The smallest absolute Gasteiger partial charge is 0.430 e. The van der Waals surface area contributed by atoms with E-state index in [1.165, 1.54) is 19.2 Å². The fraction of sp³-hybridized carbons (Fsp3) is 0.367. The molecule has 0 saturated heterocycles. The molecule has 4 rings (SSSR count). The molecule has 3 aromatic rings. The standard InChI is InChI=1S/C30H26F9NO3/c1-42-26(41)40-22-15-27(16-22,14-13-18-5-11-21(31)12-6-18)19-7-9-20(10-8-19)28(29(34,35)36,30(37,38)39)43-17-23-24(32)3-2-4-25(23)33/h2-12,22H,13-17H2,1H3,(H,40,41). The molecule has 1 N–H and O–H groups in total. The highest BCUT2D eigenvalue weighted by atomic mass is 19.4. The first kappa shape index (κ1) is 32.2. The van der Waals surface area contributed by atoms with Crippen molar-refractivity contribution < 1.29 is 53.8 Å². The maximum absolute atomic E-state index is 14.3. The lowest BCUT2D eigenvalue weighted by molar-refractivity contribution is -0.392. The second-order valence-electron chi connectivity index (χ2n) is 10.4. The summed E-state index contributed by atoms with van der Waals surface area (Å²) in [4.78, 5) is 11.7. The molecule has 1 aliphatic carbocycles. The maximum atomic E-state index is 14.3. The third-order valence-corrected chi connectivity index (χ3v) is 7.78. The normalized spacial score (nSPS) is 19.1. The minimum atomic E-state index is -6.07. The number of halogens is 9. The molecule has 0 aliphatic heterocycles. The summed E-state index contributed by atoms with van der Waals surface area (Å²) >= 11 is 0. The van der Waals surface area contributed by atoms with Crippen LogP contribution in [0.5, 0.6) is 0 Å². The van der Waals surface area contributed by atoms with Crippen molar-refractivity contribution in [2.24, 2.45) is 0 Å². The van der Waals surface area contributed by atoms with Gasteiger partial charge in [-0.25, -0.2) is 18.0 Å². The Morgan fingerprint density at radius 1 is 0.860 bits per heavy atom. The maximum Gasteiger partial charge on any atom is 0.430 e. The Labute approximate surface area is 240 Å². The van der Waals surface area contributed by atoms with Gasteiger partial charge in [0.25, 0.3) is 5.60 Å². The number of carbonyl (C=O) groups is 1. The summed E-state index contributed by atoms with van der Waals surface area (Å²) in [5, 5.41) is 2.62. The predicted octanol–water partition coefficient (Wildman–Crippen LogP) is 8.03. The number of hydrogen-bond acceptors (Lipinski definition) is 3. The van der Waals surface area contributed by atoms with E-state index in [2.05, 4.69) is 14.8 Å². The molecule has 0 heterocycles. The number of rotatable bonds is 9. The van der Waals surface area contributed by atoms with Gasteiger partial charge in [-0.1, -0.05) is 42.5 Å². The lowest BCUT2D eigenvalue weighted by Gasteiger charge is -2.49. The van der Waals surface area contributed by atoms with Crippen molar-refractivity contribution in [1.29, 1.82) is 0 Å². The third-order valence-electron chi connectivity index (χ3n) is 7.78. The molecule has 1 saturated carbocycles. The number of alkyl halides is 6. The van der Waals surface area contributed by atoms with Crippen LogP contribution in [0.4, 0.5) is 44.3 Å². The number of ether oxygens (including phenoxy) is 2. The van der Waals surface area contributed by atoms with E-state index in [0.717, 1.165) is 23.8 Å². The van der Waals surface area contributed by atoms with Crippen LogP contribution in [0, 0.1) is 17.5 Å². The molecule has 0 unspecified atom stereocenters. The number of methoxy groups -OCH3 is 1. The van der Waals surface area contributed by atoms with E-state index < -0.39 is 64.6 Å². The summed E-state index contributed by atoms with van der Waals surface area (Å²) in [5.74, 6) is -3.17. The Hall–Kier alpha value is -3.74. The van der Waals surface area contributed by atoms with Crippen molar-refractivity contribution >= 4 is 6.09 Å². The summed E-state index contributed by atoms with van der Waals surface area (Å²) in [5.41, 5.74) is -6.91. The van der Waals surface area contributed by atoms with Crippen molar-refractivity contribution in [2.75, 3.05) is 7.11 Å². The van der Waals surface area contributed by atoms with Gasteiger partial charge in [-0.15, -0.1) is 0 Å². The molecule has 0 radical (unpaired) electrons. The van der Waals surface area contributed by atoms with E-state index in [0.29, 0.717) is 55.5 Å². The van der Waals surface area contributed by atoms with Crippen LogP contribution in [-0.4, -0.2) is 31.6 Å². The Morgan fingerprint density at radius 3 is 1.93 bits per heavy atom. The van der Waals surface area contributed by atoms with Crippen LogP contribution < -0.4 is 5.32 Å². The topological polar surface area (TPSA) is 47.6 Å². The number of amides is 1. The van der Waals surface area contributed by atoms with Crippen LogP contribution in [-0.2, 0) is 33.5 Å². The van der Waals surface area contributed by atoms with Crippen LogP contribution in [0.1, 0.15) is 41.5 Å². The van der Waals surface area contributed by atoms with Crippen molar-refractivity contribution in [3.8, 4) is 0 Å². The van der Waals surface area contributed by atoms with Gasteiger partial charge in [-0.2, -0.15) is 26.3 Å². The average Bonchev–Trinajstić information content (AvgIpc) is 2.91. The van der Waals surface area contributed by atoms with Crippen LogP contribution in [0.2, 0.25) is 0 Å². The molecule has 3 aromatic carbocycles. The monoisotopic (exact) mass is 619 g/mol. The van der Waals surface area contributed by atoms with Gasteiger partial charge in [0.1, 0.15) is 17.5 Å². The van der Waals surface area contributed by atoms with E-state index in [4.69, 9.17) is 0 Å². The quantitative estimate of drug-likeness (QED) is 0.247. The van der Waals surface area contributed by atoms with E-state index in [-0.39, 0.29) is 6.04 Å². The fourth-order valence-corrected chi connectivity index (χ4v) is 5.47. The first-order valence-electron chi connectivity index (χ1n) is 13.0. The fourth-order valence-electron chi connectivity index (χ4n) is 5.47. The number of benzene rings is 3. The minimum absolute atomic E-state index is 0.301. The SMILES string of the molecule is COC(=O)NC1CC(CCc2ccc(F)cc2)(c2ccc(C(OCc3c(F)cccc3F)(C(F)(F)F)C(F)(F)F)cc2)C1. The molecule has 0 aromatic heterocycles. The number of aryl methyl sites for hydroxylation is 1. The highest BCUT2D eigenvalue weighted by molar-refractivity contribution is 5.67. The number of alkyl carbamates (subject to hydrolysis) is 1. The molecule has 0 bridgehead atoms. The first-order valence-corrected chi connectivity index (χ1v) is 13.0. The van der Waals surface area contributed by atoms with Gasteiger partial charge in [0.05, 0.1) is 13.7 Å². The molecule has 13 heteroatoms. The zero-order chi connectivity index (χ0) is 31.6. The number of nitrogens with one attached hydrogen (secondary N) is 1. The summed E-state index contributed by atoms with van der Waals surface area (Å²) in [7, 11) is 1.17. The number of hydrogen-bond donors (Lipinski definition) is 1. The van der Waals surface area contributed by atoms with Crippen LogP contribution in [0.15, 0.2) is 66.7 Å². The van der Waals surface area contributed by atoms with Crippen molar-refractivity contribution in [2.45, 2.75) is 61.7 Å². The van der Waals surface area contributed by atoms with E-state index in [1.54, 1.807) is 12.1 Å². The highest BCUT2D eigenvalue weighted by Crippen LogP contribution is 2.54. The van der Waals surface area contributed by atoms with E-state index in [1.807, 2.05) is 0 Å². The molecule has 1 aliphatic rings. The van der Waals surface area contributed by atoms with Gasteiger partial charge >= 0.3 is 18.4 Å². The zero-order valence-electron chi connectivity index (χ0n) is 22.6. The Kier molecular flexibility index (Phi) is 9.05. The summed E-state index contributed by atoms with van der Waals surface area (Å²) in [6.45, 7) is -1.65. The van der Waals surface area contributed by atoms with Gasteiger partial charge in [0.15, 0.2) is 0 Å². The van der Waals surface area contributed by atoms with Gasteiger partial charge < -0.3 is 14.8 Å². The lowest BCUT2D eigenvalue weighted by Crippen LogP contribution is -2.56. The summed E-state index contributed by atoms with van der Waals surface area (Å²) in [6, 6.07) is 11.1. The molecule has 1 fully saturated rings. The van der Waals surface area contributed by atoms with Gasteiger partial charge in [-0.3, -0.25) is 0 Å². The summed E-state index contributed by atoms with van der Waals surface area (Å²) in [6.07, 6.45) is -11.5. The molecule has 0 spiro atoms. The minimum Gasteiger partial charge on any atom is -0.453 e. The van der Waals surface area contributed by atoms with Gasteiger partial charge in [0.2, 0.25) is 0 Å². The molecule has 1 amide bonds. The molecule has 4 nitrogen and oxygen atoms in total.